The van der Waals surface area contributed by atoms with Crippen LogP contribution >= 0.6 is 0 Å². The summed E-state index contributed by atoms with van der Waals surface area (Å²) in [6.45, 7) is 2.81. The zero-order chi connectivity index (χ0) is 11.8. The summed E-state index contributed by atoms with van der Waals surface area (Å²) in [5.41, 5.74) is 0.524. The van der Waals surface area contributed by atoms with E-state index in [-0.39, 0.29) is 0 Å². The molecular weight excluding hydrogens is 204 g/mol. The SMILES string of the molecule is CCCCCOc1cccc(C=O)c1OC. The van der Waals surface area contributed by atoms with Crippen molar-refractivity contribution in [1.82, 2.24) is 0 Å². The van der Waals surface area contributed by atoms with Gasteiger partial charge in [-0.25, -0.2) is 0 Å². The highest BCUT2D eigenvalue weighted by Crippen LogP contribution is 2.29. The summed E-state index contributed by atoms with van der Waals surface area (Å²) < 4.78 is 10.8. The van der Waals surface area contributed by atoms with E-state index in [9.17, 15) is 4.79 Å². The summed E-state index contributed by atoms with van der Waals surface area (Å²) in [7, 11) is 1.54. The Morgan fingerprint density at radius 3 is 2.75 bits per heavy atom. The van der Waals surface area contributed by atoms with Gasteiger partial charge in [0.05, 0.1) is 19.3 Å². The van der Waals surface area contributed by atoms with Crippen LogP contribution in [0.2, 0.25) is 0 Å². The van der Waals surface area contributed by atoms with Gasteiger partial charge in [-0.3, -0.25) is 4.79 Å². The highest BCUT2D eigenvalue weighted by Gasteiger charge is 2.08. The van der Waals surface area contributed by atoms with E-state index in [1.165, 1.54) is 0 Å². The van der Waals surface area contributed by atoms with Crippen LogP contribution in [-0.4, -0.2) is 20.0 Å². The van der Waals surface area contributed by atoms with Gasteiger partial charge in [0.2, 0.25) is 0 Å². The predicted molar refractivity (Wildman–Crippen MR) is 63.4 cm³/mol. The Balaban J connectivity index is 2.67. The van der Waals surface area contributed by atoms with Crippen LogP contribution in [0.3, 0.4) is 0 Å². The minimum absolute atomic E-state index is 0.522. The molecule has 0 bridgehead atoms. The van der Waals surface area contributed by atoms with Crippen molar-refractivity contribution in [3.63, 3.8) is 0 Å². The van der Waals surface area contributed by atoms with Gasteiger partial charge < -0.3 is 9.47 Å². The molecule has 0 spiro atoms. The number of methoxy groups -OCH3 is 1. The molecule has 0 saturated carbocycles. The van der Waals surface area contributed by atoms with E-state index in [1.807, 2.05) is 6.07 Å². The Bertz CT molecular complexity index is 334. The molecule has 0 aliphatic heterocycles. The molecule has 0 aliphatic rings. The monoisotopic (exact) mass is 222 g/mol. The molecule has 0 amide bonds. The third-order valence-corrected chi connectivity index (χ3v) is 2.35. The number of para-hydroxylation sites is 1. The Morgan fingerprint density at radius 1 is 1.31 bits per heavy atom. The van der Waals surface area contributed by atoms with Gasteiger partial charge in [-0.1, -0.05) is 25.8 Å². The van der Waals surface area contributed by atoms with Gasteiger partial charge in [0.25, 0.3) is 0 Å². The second-order valence-corrected chi connectivity index (χ2v) is 3.55. The predicted octanol–water partition coefficient (Wildman–Crippen LogP) is 3.08. The molecule has 1 aromatic rings. The van der Waals surface area contributed by atoms with E-state index in [0.29, 0.717) is 23.7 Å². The minimum atomic E-state index is 0.522. The smallest absolute Gasteiger partial charge is 0.171 e. The van der Waals surface area contributed by atoms with E-state index >= 15 is 0 Å². The average Bonchev–Trinajstić information content (AvgIpc) is 2.34. The Morgan fingerprint density at radius 2 is 2.12 bits per heavy atom. The highest BCUT2D eigenvalue weighted by atomic mass is 16.5. The van der Waals surface area contributed by atoms with Crippen LogP contribution < -0.4 is 9.47 Å². The number of hydrogen-bond donors (Lipinski definition) is 0. The van der Waals surface area contributed by atoms with Gasteiger partial charge in [-0.05, 0) is 18.6 Å². The van der Waals surface area contributed by atoms with Crippen LogP contribution in [0.25, 0.3) is 0 Å². The highest BCUT2D eigenvalue weighted by molar-refractivity contribution is 5.81. The van der Waals surface area contributed by atoms with Crippen molar-refractivity contribution in [3.8, 4) is 11.5 Å². The third-order valence-electron chi connectivity index (χ3n) is 2.35. The number of ether oxygens (including phenoxy) is 2. The van der Waals surface area contributed by atoms with E-state index in [2.05, 4.69) is 6.92 Å². The van der Waals surface area contributed by atoms with Gasteiger partial charge in [-0.2, -0.15) is 0 Å². The van der Waals surface area contributed by atoms with Crippen LogP contribution in [0.5, 0.6) is 11.5 Å². The van der Waals surface area contributed by atoms with Gasteiger partial charge >= 0.3 is 0 Å². The van der Waals surface area contributed by atoms with E-state index in [4.69, 9.17) is 9.47 Å². The normalized spacial score (nSPS) is 9.88. The molecule has 0 fully saturated rings. The molecule has 3 nitrogen and oxygen atoms in total. The maximum atomic E-state index is 10.8. The number of carbonyl (C=O) groups excluding carboxylic acids is 1. The first-order valence-electron chi connectivity index (χ1n) is 5.58. The largest absolute Gasteiger partial charge is 0.492 e. The molecule has 0 aliphatic carbocycles. The molecule has 0 atom stereocenters. The molecule has 0 unspecified atom stereocenters. The molecule has 0 radical (unpaired) electrons. The summed E-state index contributed by atoms with van der Waals surface area (Å²) >= 11 is 0. The number of rotatable bonds is 7. The fraction of sp³-hybridized carbons (Fsp3) is 0.462. The summed E-state index contributed by atoms with van der Waals surface area (Å²) in [6, 6.07) is 5.32. The van der Waals surface area contributed by atoms with E-state index < -0.39 is 0 Å². The second-order valence-electron chi connectivity index (χ2n) is 3.55. The van der Waals surface area contributed by atoms with Crippen LogP contribution in [0.1, 0.15) is 36.5 Å². The number of benzene rings is 1. The van der Waals surface area contributed by atoms with E-state index in [1.54, 1.807) is 19.2 Å². The molecule has 16 heavy (non-hydrogen) atoms. The molecule has 1 rings (SSSR count). The lowest BCUT2D eigenvalue weighted by molar-refractivity contribution is 0.111. The summed E-state index contributed by atoms with van der Waals surface area (Å²) in [5, 5.41) is 0. The molecule has 88 valence electrons. The molecule has 1 aromatic carbocycles. The first-order valence-corrected chi connectivity index (χ1v) is 5.58. The molecule has 0 aromatic heterocycles. The quantitative estimate of drug-likeness (QED) is 0.525. The fourth-order valence-corrected chi connectivity index (χ4v) is 1.49. The second kappa shape index (κ2) is 6.88. The van der Waals surface area contributed by atoms with Crippen molar-refractivity contribution >= 4 is 6.29 Å². The third kappa shape index (κ3) is 3.26. The molecule has 0 heterocycles. The van der Waals surface area contributed by atoms with Crippen LogP contribution in [0.15, 0.2) is 18.2 Å². The fourth-order valence-electron chi connectivity index (χ4n) is 1.49. The van der Waals surface area contributed by atoms with Crippen molar-refractivity contribution in [2.45, 2.75) is 26.2 Å². The van der Waals surface area contributed by atoms with Gasteiger partial charge in [0.1, 0.15) is 0 Å². The lowest BCUT2D eigenvalue weighted by Gasteiger charge is -2.11. The zero-order valence-corrected chi connectivity index (χ0v) is 9.86. The number of aldehydes is 1. The van der Waals surface area contributed by atoms with Crippen molar-refractivity contribution < 1.29 is 14.3 Å². The minimum Gasteiger partial charge on any atom is -0.492 e. The standard InChI is InChI=1S/C13H18O3/c1-3-4-5-9-16-12-8-6-7-11(10-14)13(12)15-2/h6-8,10H,3-5,9H2,1-2H3. The Hall–Kier alpha value is -1.51. The molecule has 0 N–H and O–H groups in total. The van der Waals surface area contributed by atoms with Crippen molar-refractivity contribution in [2.24, 2.45) is 0 Å². The maximum Gasteiger partial charge on any atom is 0.171 e. The Labute approximate surface area is 96.4 Å². The van der Waals surface area contributed by atoms with Gasteiger partial charge in [0.15, 0.2) is 17.8 Å². The van der Waals surface area contributed by atoms with Gasteiger partial charge in [0, 0.05) is 0 Å². The van der Waals surface area contributed by atoms with Crippen LogP contribution in [0, 0.1) is 0 Å². The van der Waals surface area contributed by atoms with Crippen molar-refractivity contribution in [3.05, 3.63) is 23.8 Å². The zero-order valence-electron chi connectivity index (χ0n) is 9.86. The Kier molecular flexibility index (Phi) is 5.40. The summed E-state index contributed by atoms with van der Waals surface area (Å²) in [4.78, 5) is 10.8. The van der Waals surface area contributed by atoms with Crippen molar-refractivity contribution in [2.75, 3.05) is 13.7 Å². The number of hydrogen-bond acceptors (Lipinski definition) is 3. The van der Waals surface area contributed by atoms with Crippen LogP contribution in [-0.2, 0) is 0 Å². The lowest BCUT2D eigenvalue weighted by Crippen LogP contribution is -2.00. The van der Waals surface area contributed by atoms with Crippen molar-refractivity contribution in [1.29, 1.82) is 0 Å². The topological polar surface area (TPSA) is 35.5 Å². The van der Waals surface area contributed by atoms with E-state index in [0.717, 1.165) is 25.5 Å². The van der Waals surface area contributed by atoms with Crippen LogP contribution in [0.4, 0.5) is 0 Å². The maximum absolute atomic E-state index is 10.8. The molecule has 3 heteroatoms. The first-order chi connectivity index (χ1) is 7.83. The van der Waals surface area contributed by atoms with Gasteiger partial charge in [-0.15, -0.1) is 0 Å². The molecule has 0 saturated heterocycles. The first kappa shape index (κ1) is 12.6. The average molecular weight is 222 g/mol. The lowest BCUT2D eigenvalue weighted by atomic mass is 10.2. The number of carbonyl (C=O) groups is 1. The molecular formula is C13H18O3. The summed E-state index contributed by atoms with van der Waals surface area (Å²) in [6.07, 6.45) is 4.10. The summed E-state index contributed by atoms with van der Waals surface area (Å²) in [5.74, 6) is 1.16. The number of unbranched alkanes of at least 4 members (excludes halogenated alkanes) is 2.